The van der Waals surface area contributed by atoms with Crippen molar-refractivity contribution in [1.82, 2.24) is 9.80 Å². The molecule has 0 spiro atoms. The Morgan fingerprint density at radius 2 is 1.51 bits per heavy atom. The van der Waals surface area contributed by atoms with Gasteiger partial charge in [0.05, 0.1) is 0 Å². The highest BCUT2D eigenvalue weighted by atomic mass is 19.1. The largest absolute Gasteiger partial charge is 0.484 e. The van der Waals surface area contributed by atoms with Crippen molar-refractivity contribution in [2.75, 3.05) is 19.7 Å². The summed E-state index contributed by atoms with van der Waals surface area (Å²) in [5, 5.41) is 0. The van der Waals surface area contributed by atoms with Crippen LogP contribution in [0.2, 0.25) is 0 Å². The number of carbonyl (C=O) groups excluding carboxylic acids is 1. The number of hydrogen-bond acceptors (Lipinski definition) is 3. The van der Waals surface area contributed by atoms with Crippen LogP contribution >= 0.6 is 0 Å². The SMILES string of the molecule is C[C@@H]1CN(Cc2ccc(F)cc2)[C@@H](C)CN1C(=O)COc1ccc(C(C)(C)c2ccccc2)cc1. The zero-order valence-corrected chi connectivity index (χ0v) is 21.1. The monoisotopic (exact) mass is 474 g/mol. The Morgan fingerprint density at radius 1 is 0.886 bits per heavy atom. The van der Waals surface area contributed by atoms with Crippen molar-refractivity contribution >= 4 is 5.91 Å². The summed E-state index contributed by atoms with van der Waals surface area (Å²) in [5.74, 6) is 0.473. The second-order valence-corrected chi connectivity index (χ2v) is 10.1. The van der Waals surface area contributed by atoms with E-state index in [1.165, 1.54) is 23.3 Å². The number of amides is 1. The molecule has 2 atom stereocenters. The maximum Gasteiger partial charge on any atom is 0.260 e. The maximum absolute atomic E-state index is 13.2. The number of rotatable bonds is 7. The molecule has 1 fully saturated rings. The first-order valence-corrected chi connectivity index (χ1v) is 12.3. The Bertz CT molecular complexity index is 1110. The van der Waals surface area contributed by atoms with E-state index in [9.17, 15) is 9.18 Å². The summed E-state index contributed by atoms with van der Waals surface area (Å²) in [6, 6.07) is 25.4. The van der Waals surface area contributed by atoms with Crippen LogP contribution in [0.1, 0.15) is 44.4 Å². The van der Waals surface area contributed by atoms with Crippen LogP contribution in [0.3, 0.4) is 0 Å². The predicted octanol–water partition coefficient (Wildman–Crippen LogP) is 5.65. The summed E-state index contributed by atoms with van der Waals surface area (Å²) in [6.07, 6.45) is 0. The normalized spacial score (nSPS) is 18.9. The smallest absolute Gasteiger partial charge is 0.260 e. The zero-order chi connectivity index (χ0) is 25.0. The van der Waals surface area contributed by atoms with Crippen LogP contribution in [-0.2, 0) is 16.8 Å². The molecule has 3 aromatic rings. The Hall–Kier alpha value is -3.18. The van der Waals surface area contributed by atoms with Crippen LogP contribution in [-0.4, -0.2) is 47.5 Å². The standard InChI is InChI=1S/C30H35FN2O2/c1-22-19-33(23(2)18-32(22)20-24-10-14-27(31)15-11-24)29(34)21-35-28-16-12-26(13-17-28)30(3,4)25-8-6-5-7-9-25/h5-17,22-23H,18-21H2,1-4H3/t22-,23+/m0/s1. The zero-order valence-electron chi connectivity index (χ0n) is 21.1. The lowest BCUT2D eigenvalue weighted by Gasteiger charge is -2.44. The molecular weight excluding hydrogens is 439 g/mol. The minimum atomic E-state index is -0.222. The van der Waals surface area contributed by atoms with Gasteiger partial charge < -0.3 is 9.64 Å². The van der Waals surface area contributed by atoms with E-state index in [4.69, 9.17) is 4.74 Å². The Labute approximate surface area is 208 Å². The van der Waals surface area contributed by atoms with Gasteiger partial charge in [-0.2, -0.15) is 0 Å². The number of benzene rings is 3. The van der Waals surface area contributed by atoms with Crippen molar-refractivity contribution in [3.05, 3.63) is 101 Å². The minimum Gasteiger partial charge on any atom is -0.484 e. The first-order valence-electron chi connectivity index (χ1n) is 12.3. The number of ether oxygens (including phenoxy) is 1. The van der Waals surface area contributed by atoms with Crippen molar-refractivity contribution in [2.45, 2.75) is 51.7 Å². The lowest BCUT2D eigenvalue weighted by Crippen LogP contribution is -2.58. The van der Waals surface area contributed by atoms with Crippen molar-refractivity contribution < 1.29 is 13.9 Å². The first kappa shape index (κ1) is 24.9. The first-order chi connectivity index (χ1) is 16.7. The van der Waals surface area contributed by atoms with Crippen molar-refractivity contribution in [3.63, 3.8) is 0 Å². The van der Waals surface area contributed by atoms with E-state index < -0.39 is 0 Å². The molecule has 1 amide bonds. The molecule has 184 valence electrons. The summed E-state index contributed by atoms with van der Waals surface area (Å²) in [7, 11) is 0. The Kier molecular flexibility index (Phi) is 7.56. The number of carbonyl (C=O) groups is 1. The van der Waals surface area contributed by atoms with E-state index in [1.54, 1.807) is 0 Å². The molecule has 0 unspecified atom stereocenters. The van der Waals surface area contributed by atoms with Gasteiger partial charge in [0.2, 0.25) is 0 Å². The highest BCUT2D eigenvalue weighted by Gasteiger charge is 2.32. The van der Waals surface area contributed by atoms with E-state index in [1.807, 2.05) is 35.2 Å². The molecule has 35 heavy (non-hydrogen) atoms. The van der Waals surface area contributed by atoms with Crippen LogP contribution in [0, 0.1) is 5.82 Å². The molecule has 0 N–H and O–H groups in total. The highest BCUT2D eigenvalue weighted by Crippen LogP contribution is 2.32. The van der Waals surface area contributed by atoms with E-state index >= 15 is 0 Å². The fraction of sp³-hybridized carbons (Fsp3) is 0.367. The summed E-state index contributed by atoms with van der Waals surface area (Å²) >= 11 is 0. The Morgan fingerprint density at radius 3 is 2.17 bits per heavy atom. The molecule has 0 saturated carbocycles. The van der Waals surface area contributed by atoms with E-state index in [2.05, 4.69) is 69.0 Å². The summed E-state index contributed by atoms with van der Waals surface area (Å²) in [4.78, 5) is 17.2. The number of piperazine rings is 1. The van der Waals surface area contributed by atoms with Gasteiger partial charge in [0.25, 0.3) is 5.91 Å². The topological polar surface area (TPSA) is 32.8 Å². The van der Waals surface area contributed by atoms with Crippen LogP contribution in [0.15, 0.2) is 78.9 Å². The molecular formula is C30H35FN2O2. The fourth-order valence-electron chi connectivity index (χ4n) is 4.81. The summed E-state index contributed by atoms with van der Waals surface area (Å²) < 4.78 is 19.1. The van der Waals surface area contributed by atoms with Gasteiger partial charge in [-0.15, -0.1) is 0 Å². The average Bonchev–Trinajstić information content (AvgIpc) is 2.86. The Balaban J connectivity index is 1.32. The molecule has 4 rings (SSSR count). The molecule has 0 aliphatic carbocycles. The third kappa shape index (κ3) is 5.91. The second-order valence-electron chi connectivity index (χ2n) is 10.1. The number of hydrogen-bond donors (Lipinski definition) is 0. The lowest BCUT2D eigenvalue weighted by molar-refractivity contribution is -0.139. The number of halogens is 1. The van der Waals surface area contributed by atoms with E-state index in [0.717, 1.165) is 18.7 Å². The minimum absolute atomic E-state index is 0.000487. The average molecular weight is 475 g/mol. The lowest BCUT2D eigenvalue weighted by atomic mass is 9.78. The molecule has 4 nitrogen and oxygen atoms in total. The third-order valence-corrected chi connectivity index (χ3v) is 7.17. The second kappa shape index (κ2) is 10.6. The molecule has 0 radical (unpaired) electrons. The summed E-state index contributed by atoms with van der Waals surface area (Å²) in [5.41, 5.74) is 3.41. The van der Waals surface area contributed by atoms with Gasteiger partial charge in [-0.3, -0.25) is 9.69 Å². The fourth-order valence-corrected chi connectivity index (χ4v) is 4.81. The predicted molar refractivity (Wildman–Crippen MR) is 138 cm³/mol. The molecule has 1 saturated heterocycles. The van der Waals surface area contributed by atoms with Crippen molar-refractivity contribution in [1.29, 1.82) is 0 Å². The van der Waals surface area contributed by atoms with Crippen molar-refractivity contribution in [3.8, 4) is 5.75 Å². The van der Waals surface area contributed by atoms with Gasteiger partial charge in [0, 0.05) is 37.1 Å². The number of nitrogens with zero attached hydrogens (tertiary/aromatic N) is 2. The van der Waals surface area contributed by atoms with E-state index in [0.29, 0.717) is 12.3 Å². The van der Waals surface area contributed by atoms with Crippen LogP contribution in [0.4, 0.5) is 4.39 Å². The van der Waals surface area contributed by atoms with Crippen molar-refractivity contribution in [2.24, 2.45) is 0 Å². The highest BCUT2D eigenvalue weighted by molar-refractivity contribution is 5.78. The van der Waals surface area contributed by atoms with E-state index in [-0.39, 0.29) is 35.8 Å². The van der Waals surface area contributed by atoms with Gasteiger partial charge in [-0.25, -0.2) is 4.39 Å². The molecule has 0 aromatic heterocycles. The van der Waals surface area contributed by atoms with Crippen LogP contribution in [0.5, 0.6) is 5.75 Å². The van der Waals surface area contributed by atoms with Gasteiger partial charge in [0.15, 0.2) is 6.61 Å². The molecule has 3 aromatic carbocycles. The molecule has 5 heteroatoms. The maximum atomic E-state index is 13.2. The third-order valence-electron chi connectivity index (χ3n) is 7.17. The molecule has 1 aliphatic rings. The van der Waals surface area contributed by atoms with Gasteiger partial charge in [-0.1, -0.05) is 68.4 Å². The molecule has 1 heterocycles. The summed E-state index contributed by atoms with van der Waals surface area (Å²) in [6.45, 7) is 10.8. The molecule has 0 bridgehead atoms. The quantitative estimate of drug-likeness (QED) is 0.444. The van der Waals surface area contributed by atoms with Gasteiger partial charge in [0.1, 0.15) is 11.6 Å². The van der Waals surface area contributed by atoms with Gasteiger partial charge in [-0.05, 0) is 54.8 Å². The van der Waals surface area contributed by atoms with Crippen LogP contribution in [0.25, 0.3) is 0 Å². The molecule has 1 aliphatic heterocycles. The van der Waals surface area contributed by atoms with Gasteiger partial charge >= 0.3 is 0 Å². The van der Waals surface area contributed by atoms with Crippen LogP contribution < -0.4 is 4.74 Å².